The first-order chi connectivity index (χ1) is 9.65. The van der Waals surface area contributed by atoms with Gasteiger partial charge in [-0.15, -0.1) is 16.4 Å². The van der Waals surface area contributed by atoms with E-state index in [1.54, 1.807) is 12.3 Å². The number of nitrogens with one attached hydrogen (secondary N) is 1. The van der Waals surface area contributed by atoms with Gasteiger partial charge in [0, 0.05) is 11.9 Å². The lowest BCUT2D eigenvalue weighted by Crippen LogP contribution is -2.41. The van der Waals surface area contributed by atoms with E-state index >= 15 is 0 Å². The third kappa shape index (κ3) is 2.14. The van der Waals surface area contributed by atoms with Crippen molar-refractivity contribution in [2.24, 2.45) is 5.41 Å². The number of carbonyl (C=O) groups is 1. The van der Waals surface area contributed by atoms with Crippen LogP contribution in [0, 0.1) is 5.41 Å². The molecule has 0 unspecified atom stereocenters. The number of amides is 1. The van der Waals surface area contributed by atoms with Crippen LogP contribution in [0.2, 0.25) is 0 Å². The van der Waals surface area contributed by atoms with E-state index in [1.165, 1.54) is 30.6 Å². The number of nitrogens with zero attached hydrogens (tertiary/aromatic N) is 2. The van der Waals surface area contributed by atoms with Crippen molar-refractivity contribution in [2.75, 3.05) is 12.3 Å². The number of hydrogen-bond acceptors (Lipinski definition) is 5. The number of rotatable bonds is 4. The minimum absolute atomic E-state index is 0.0924. The summed E-state index contributed by atoms with van der Waals surface area (Å²) in [6.45, 7) is 2.93. The molecular weight excluding hydrogens is 272 g/mol. The molecule has 5 nitrogen and oxygen atoms in total. The lowest BCUT2D eigenvalue weighted by molar-refractivity contribution is 0.0854. The van der Waals surface area contributed by atoms with Crippen molar-refractivity contribution < 1.29 is 4.79 Å². The van der Waals surface area contributed by atoms with E-state index in [-0.39, 0.29) is 5.91 Å². The van der Waals surface area contributed by atoms with E-state index in [0.717, 1.165) is 18.4 Å². The number of aromatic nitrogens is 2. The summed E-state index contributed by atoms with van der Waals surface area (Å²) in [5.41, 5.74) is 6.86. The van der Waals surface area contributed by atoms with Gasteiger partial charge in [-0.25, -0.2) is 0 Å². The Morgan fingerprint density at radius 2 is 2.35 bits per heavy atom. The van der Waals surface area contributed by atoms with Crippen molar-refractivity contribution in [3.8, 4) is 0 Å². The average molecular weight is 290 g/mol. The number of fused-ring (bicyclic) bond motifs is 1. The second kappa shape index (κ2) is 5.01. The molecule has 2 aromatic heterocycles. The van der Waals surface area contributed by atoms with E-state index < -0.39 is 0 Å². The number of thiophene rings is 1. The molecule has 3 N–H and O–H groups in total. The lowest BCUT2D eigenvalue weighted by Gasteiger charge is -2.41. The van der Waals surface area contributed by atoms with Gasteiger partial charge in [-0.1, -0.05) is 13.3 Å². The Hall–Kier alpha value is -1.69. The zero-order chi connectivity index (χ0) is 14.2. The molecule has 6 heteroatoms. The Morgan fingerprint density at radius 3 is 2.95 bits per heavy atom. The van der Waals surface area contributed by atoms with Crippen molar-refractivity contribution in [1.29, 1.82) is 0 Å². The molecule has 1 amide bonds. The zero-order valence-electron chi connectivity index (χ0n) is 11.5. The number of nitrogen functional groups attached to an aromatic ring is 1. The van der Waals surface area contributed by atoms with E-state index in [0.29, 0.717) is 20.8 Å². The van der Waals surface area contributed by atoms with Gasteiger partial charge >= 0.3 is 0 Å². The van der Waals surface area contributed by atoms with Gasteiger partial charge < -0.3 is 11.1 Å². The van der Waals surface area contributed by atoms with Crippen molar-refractivity contribution in [1.82, 2.24) is 15.5 Å². The maximum atomic E-state index is 12.3. The molecule has 2 heterocycles. The summed E-state index contributed by atoms with van der Waals surface area (Å²) in [6, 6.07) is 1.80. The second-order valence-electron chi connectivity index (χ2n) is 5.48. The Labute approximate surface area is 121 Å². The highest BCUT2D eigenvalue weighted by atomic mass is 32.1. The number of hydrogen-bond donors (Lipinski definition) is 2. The van der Waals surface area contributed by atoms with Crippen LogP contribution in [0.5, 0.6) is 0 Å². The standard InChI is InChI=1S/C14H18N4OS/c1-2-14(5-3-6-14)8-16-12(19)11-10(15)9-4-7-17-18-13(9)20-11/h4,7H,2-3,5-6,8,15H2,1H3,(H,16,19). The molecule has 1 aliphatic rings. The first-order valence-corrected chi connectivity index (χ1v) is 7.75. The van der Waals surface area contributed by atoms with Crippen LogP contribution in [0.4, 0.5) is 5.69 Å². The van der Waals surface area contributed by atoms with Crippen LogP contribution in [0.15, 0.2) is 12.3 Å². The first-order valence-electron chi connectivity index (χ1n) is 6.93. The molecule has 0 spiro atoms. The third-order valence-corrected chi connectivity index (χ3v) is 5.52. The molecule has 106 valence electrons. The van der Waals surface area contributed by atoms with Gasteiger partial charge in [0.15, 0.2) is 0 Å². The summed E-state index contributed by atoms with van der Waals surface area (Å²) < 4.78 is 0. The summed E-state index contributed by atoms with van der Waals surface area (Å²) in [6.07, 6.45) is 6.38. The Bertz CT molecular complexity index is 642. The molecular formula is C14H18N4OS. The van der Waals surface area contributed by atoms with Crippen LogP contribution in [0.25, 0.3) is 10.2 Å². The number of nitrogens with two attached hydrogens (primary N) is 1. The highest BCUT2D eigenvalue weighted by Gasteiger charge is 2.35. The van der Waals surface area contributed by atoms with Crippen molar-refractivity contribution in [3.05, 3.63) is 17.1 Å². The predicted molar refractivity (Wildman–Crippen MR) is 80.7 cm³/mol. The molecule has 0 atom stereocenters. The van der Waals surface area contributed by atoms with Crippen molar-refractivity contribution in [3.63, 3.8) is 0 Å². The molecule has 0 aliphatic heterocycles. The molecule has 1 aliphatic carbocycles. The summed E-state index contributed by atoms with van der Waals surface area (Å²) >= 11 is 1.31. The average Bonchev–Trinajstić information content (AvgIpc) is 2.76. The van der Waals surface area contributed by atoms with Gasteiger partial charge in [-0.2, -0.15) is 5.10 Å². The molecule has 0 radical (unpaired) electrons. The molecule has 0 saturated heterocycles. The molecule has 0 aromatic carbocycles. The fraction of sp³-hybridized carbons (Fsp3) is 0.500. The van der Waals surface area contributed by atoms with Crippen LogP contribution in [-0.4, -0.2) is 22.6 Å². The molecule has 3 rings (SSSR count). The molecule has 0 bridgehead atoms. The van der Waals surface area contributed by atoms with Crippen LogP contribution in [0.3, 0.4) is 0 Å². The van der Waals surface area contributed by atoms with Crippen molar-refractivity contribution in [2.45, 2.75) is 32.6 Å². The number of anilines is 1. The molecule has 20 heavy (non-hydrogen) atoms. The first kappa shape index (κ1) is 13.3. The SMILES string of the molecule is CCC1(CNC(=O)c2sc3nnccc3c2N)CCC1. The highest BCUT2D eigenvalue weighted by Crippen LogP contribution is 2.43. The maximum Gasteiger partial charge on any atom is 0.263 e. The topological polar surface area (TPSA) is 80.9 Å². The zero-order valence-corrected chi connectivity index (χ0v) is 12.3. The minimum atomic E-state index is -0.0924. The molecule has 1 saturated carbocycles. The van der Waals surface area contributed by atoms with Gasteiger partial charge in [-0.3, -0.25) is 4.79 Å². The number of carbonyl (C=O) groups excluding carboxylic acids is 1. The van der Waals surface area contributed by atoms with Gasteiger partial charge in [0.2, 0.25) is 0 Å². The smallest absolute Gasteiger partial charge is 0.263 e. The summed E-state index contributed by atoms with van der Waals surface area (Å²) in [5.74, 6) is -0.0924. The van der Waals surface area contributed by atoms with Gasteiger partial charge in [-0.05, 0) is 30.7 Å². The third-order valence-electron chi connectivity index (χ3n) is 4.41. The Balaban J connectivity index is 1.77. The minimum Gasteiger partial charge on any atom is -0.397 e. The molecule has 1 fully saturated rings. The van der Waals surface area contributed by atoms with Crippen LogP contribution in [-0.2, 0) is 0 Å². The summed E-state index contributed by atoms with van der Waals surface area (Å²) in [5, 5.41) is 11.7. The normalized spacial score (nSPS) is 16.9. The van der Waals surface area contributed by atoms with E-state index in [1.807, 2.05) is 0 Å². The molecule has 2 aromatic rings. The quantitative estimate of drug-likeness (QED) is 0.907. The van der Waals surface area contributed by atoms with Crippen LogP contribution < -0.4 is 11.1 Å². The lowest BCUT2D eigenvalue weighted by atomic mass is 9.67. The second-order valence-corrected chi connectivity index (χ2v) is 6.48. The monoisotopic (exact) mass is 290 g/mol. The largest absolute Gasteiger partial charge is 0.397 e. The summed E-state index contributed by atoms with van der Waals surface area (Å²) in [4.78, 5) is 13.6. The Morgan fingerprint density at radius 1 is 1.55 bits per heavy atom. The van der Waals surface area contributed by atoms with Crippen LogP contribution >= 0.6 is 11.3 Å². The van der Waals surface area contributed by atoms with E-state index in [4.69, 9.17) is 5.73 Å². The van der Waals surface area contributed by atoms with Crippen molar-refractivity contribution >= 4 is 33.1 Å². The van der Waals surface area contributed by atoms with Gasteiger partial charge in [0.05, 0.1) is 11.9 Å². The van der Waals surface area contributed by atoms with Gasteiger partial charge in [0.1, 0.15) is 9.71 Å². The van der Waals surface area contributed by atoms with E-state index in [2.05, 4.69) is 22.4 Å². The van der Waals surface area contributed by atoms with Gasteiger partial charge in [0.25, 0.3) is 5.91 Å². The maximum absolute atomic E-state index is 12.3. The van der Waals surface area contributed by atoms with E-state index in [9.17, 15) is 4.79 Å². The predicted octanol–water partition coefficient (Wildman–Crippen LogP) is 2.58. The fourth-order valence-corrected chi connectivity index (χ4v) is 3.68. The summed E-state index contributed by atoms with van der Waals surface area (Å²) in [7, 11) is 0. The Kier molecular flexibility index (Phi) is 3.33. The van der Waals surface area contributed by atoms with Crippen LogP contribution in [0.1, 0.15) is 42.3 Å². The highest BCUT2D eigenvalue weighted by molar-refractivity contribution is 7.21. The fourth-order valence-electron chi connectivity index (χ4n) is 2.72.